The summed E-state index contributed by atoms with van der Waals surface area (Å²) in [5, 5.41) is 0. The molecular weight excluding hydrogens is 377 g/mol. The number of alkyl halides is 3. The fourth-order valence-electron chi connectivity index (χ4n) is 2.90. The normalized spacial score (nSPS) is 20.9. The Morgan fingerprint density at radius 3 is 2.43 bits per heavy atom. The highest BCUT2D eigenvalue weighted by Gasteiger charge is 2.64. The number of carbonyl (C=O) groups excluding carboxylic acids is 2. The van der Waals surface area contributed by atoms with Crippen LogP contribution in [-0.2, 0) is 29.4 Å². The van der Waals surface area contributed by atoms with Gasteiger partial charge in [-0.05, 0) is 19.4 Å². The summed E-state index contributed by atoms with van der Waals surface area (Å²) in [4.78, 5) is 24.2. The van der Waals surface area contributed by atoms with Crippen LogP contribution in [0.5, 0.6) is 0 Å². The second-order valence-corrected chi connectivity index (χ2v) is 6.10. The van der Waals surface area contributed by atoms with Gasteiger partial charge in [-0.2, -0.15) is 13.2 Å². The van der Waals surface area contributed by atoms with Crippen LogP contribution in [-0.4, -0.2) is 37.4 Å². The van der Waals surface area contributed by atoms with Crippen LogP contribution in [0.4, 0.5) is 13.2 Å². The topological polar surface area (TPSA) is 61.8 Å². The zero-order chi connectivity index (χ0) is 20.8. The van der Waals surface area contributed by atoms with E-state index in [1.807, 2.05) is 0 Å². The van der Waals surface area contributed by atoms with E-state index in [9.17, 15) is 22.8 Å². The maximum atomic E-state index is 14.0. The van der Waals surface area contributed by atoms with Crippen molar-refractivity contribution >= 4 is 11.9 Å². The largest absolute Gasteiger partial charge is 0.458 e. The van der Waals surface area contributed by atoms with Crippen LogP contribution in [0.25, 0.3) is 0 Å². The molecule has 0 radical (unpaired) electrons. The Kier molecular flexibility index (Phi) is 7.01. The molecule has 1 heterocycles. The van der Waals surface area contributed by atoms with Gasteiger partial charge in [-0.25, -0.2) is 4.79 Å². The summed E-state index contributed by atoms with van der Waals surface area (Å²) >= 11 is 0. The van der Waals surface area contributed by atoms with Gasteiger partial charge in [-0.1, -0.05) is 48.6 Å². The van der Waals surface area contributed by atoms with Crippen molar-refractivity contribution in [2.24, 2.45) is 0 Å². The molecule has 1 aliphatic rings. The third-order valence-corrected chi connectivity index (χ3v) is 4.30. The van der Waals surface area contributed by atoms with Crippen molar-refractivity contribution in [1.82, 2.24) is 0 Å². The zero-order valence-corrected chi connectivity index (χ0v) is 15.4. The van der Waals surface area contributed by atoms with Crippen LogP contribution >= 0.6 is 0 Å². The Hall–Kier alpha value is -2.61. The fourth-order valence-corrected chi connectivity index (χ4v) is 2.90. The van der Waals surface area contributed by atoms with Gasteiger partial charge in [0, 0.05) is 19.1 Å². The van der Waals surface area contributed by atoms with E-state index in [0.717, 1.165) is 19.2 Å². The molecule has 1 aliphatic heterocycles. The highest BCUT2D eigenvalue weighted by atomic mass is 19.4. The number of rotatable bonds is 7. The number of hydrogen-bond acceptors (Lipinski definition) is 5. The molecule has 28 heavy (non-hydrogen) atoms. The van der Waals surface area contributed by atoms with E-state index in [0.29, 0.717) is 0 Å². The number of cyclic esters (lactones) is 1. The molecule has 3 atom stereocenters. The Morgan fingerprint density at radius 2 is 1.93 bits per heavy atom. The summed E-state index contributed by atoms with van der Waals surface area (Å²) in [6.45, 7) is 1.75. The number of methoxy groups -OCH3 is 1. The molecule has 1 saturated heterocycles. The first-order chi connectivity index (χ1) is 13.3. The molecule has 1 aromatic rings. The summed E-state index contributed by atoms with van der Waals surface area (Å²) in [5.41, 5.74) is -3.71. The zero-order valence-electron chi connectivity index (χ0n) is 15.4. The number of carbonyl (C=O) groups is 2. The quantitative estimate of drug-likeness (QED) is 0.516. The van der Waals surface area contributed by atoms with Crippen LogP contribution in [0, 0.1) is 0 Å². The van der Waals surface area contributed by atoms with E-state index in [1.165, 1.54) is 30.4 Å². The molecule has 152 valence electrons. The lowest BCUT2D eigenvalue weighted by Gasteiger charge is -2.34. The van der Waals surface area contributed by atoms with Crippen molar-refractivity contribution in [3.05, 3.63) is 60.2 Å². The first kappa shape index (κ1) is 21.7. The number of ether oxygens (including phenoxy) is 3. The van der Waals surface area contributed by atoms with E-state index < -0.39 is 41.5 Å². The van der Waals surface area contributed by atoms with Gasteiger partial charge >= 0.3 is 18.1 Å². The summed E-state index contributed by atoms with van der Waals surface area (Å²) in [6, 6.07) is 6.53. The lowest BCUT2D eigenvalue weighted by molar-refractivity contribution is -0.278. The lowest BCUT2D eigenvalue weighted by Crippen LogP contribution is -2.53. The maximum absolute atomic E-state index is 14.0. The molecule has 2 rings (SSSR count). The van der Waals surface area contributed by atoms with Gasteiger partial charge in [-0.3, -0.25) is 4.79 Å². The summed E-state index contributed by atoms with van der Waals surface area (Å²) in [5.74, 6) is -2.13. The van der Waals surface area contributed by atoms with Gasteiger partial charge < -0.3 is 14.2 Å². The van der Waals surface area contributed by atoms with Crippen molar-refractivity contribution in [2.45, 2.75) is 43.8 Å². The Balaban J connectivity index is 2.40. The fraction of sp³-hybridized carbons (Fsp3) is 0.400. The number of hydrogen-bond donors (Lipinski definition) is 0. The molecule has 8 heteroatoms. The minimum Gasteiger partial charge on any atom is -0.458 e. The van der Waals surface area contributed by atoms with Gasteiger partial charge in [0.15, 0.2) is 6.10 Å². The van der Waals surface area contributed by atoms with Gasteiger partial charge in [0.2, 0.25) is 0 Å². The van der Waals surface area contributed by atoms with Crippen LogP contribution in [0.3, 0.4) is 0 Å². The minimum absolute atomic E-state index is 0.101. The molecule has 0 bridgehead atoms. The predicted octanol–water partition coefficient (Wildman–Crippen LogP) is 3.84. The second kappa shape index (κ2) is 9.05. The molecule has 0 spiro atoms. The summed E-state index contributed by atoms with van der Waals surface area (Å²) in [7, 11) is 0.794. The van der Waals surface area contributed by atoms with E-state index in [-0.39, 0.29) is 12.8 Å². The second-order valence-electron chi connectivity index (χ2n) is 6.10. The average Bonchev–Trinajstić information content (AvgIpc) is 3.08. The Bertz CT molecular complexity index is 742. The van der Waals surface area contributed by atoms with E-state index in [4.69, 9.17) is 14.2 Å². The Labute approximate surface area is 160 Å². The number of benzene rings is 1. The molecule has 1 aromatic carbocycles. The first-order valence-electron chi connectivity index (χ1n) is 8.63. The smallest absolute Gasteiger partial charge is 0.432 e. The Morgan fingerprint density at radius 1 is 1.25 bits per heavy atom. The molecule has 0 aliphatic carbocycles. The highest BCUT2D eigenvalue weighted by Crippen LogP contribution is 2.43. The molecule has 5 nitrogen and oxygen atoms in total. The molecule has 0 N–H and O–H groups in total. The van der Waals surface area contributed by atoms with Crippen molar-refractivity contribution in [3.63, 3.8) is 0 Å². The maximum Gasteiger partial charge on any atom is 0.432 e. The van der Waals surface area contributed by atoms with Gasteiger partial charge in [0.25, 0.3) is 5.60 Å². The SMILES string of the molecule is C/C=C/C=C\[C@H](OC(=O)[C@](OC)(c1ccccc1)C(F)(F)F)[C@H]1CCC(=O)O1. The van der Waals surface area contributed by atoms with Crippen LogP contribution < -0.4 is 0 Å². The molecule has 0 unspecified atom stereocenters. The van der Waals surface area contributed by atoms with Crippen molar-refractivity contribution < 1.29 is 37.0 Å². The van der Waals surface area contributed by atoms with E-state index >= 15 is 0 Å². The summed E-state index contributed by atoms with van der Waals surface area (Å²) in [6.07, 6.45) is -0.607. The molecule has 1 fully saturated rings. The molecule has 0 saturated carbocycles. The summed E-state index contributed by atoms with van der Waals surface area (Å²) < 4.78 is 56.9. The van der Waals surface area contributed by atoms with Crippen molar-refractivity contribution in [1.29, 1.82) is 0 Å². The van der Waals surface area contributed by atoms with Crippen molar-refractivity contribution in [3.8, 4) is 0 Å². The third kappa shape index (κ3) is 4.44. The molecular formula is C20H21F3O5. The monoisotopic (exact) mass is 398 g/mol. The van der Waals surface area contributed by atoms with Gasteiger partial charge in [-0.15, -0.1) is 0 Å². The first-order valence-corrected chi connectivity index (χ1v) is 8.63. The standard InChI is InChI=1S/C20H21F3O5/c1-3-4-6-11-15(16-12-13-17(24)27-16)28-18(25)19(26-2,20(21,22)23)14-9-7-5-8-10-14/h3-11,15-16H,12-13H2,1-2H3/b4-3+,11-6-/t15-,16+,19+/m0/s1. The van der Waals surface area contributed by atoms with Gasteiger partial charge in [0.1, 0.15) is 6.10 Å². The minimum atomic E-state index is -5.08. The van der Waals surface area contributed by atoms with E-state index in [2.05, 4.69) is 0 Å². The van der Waals surface area contributed by atoms with Gasteiger partial charge in [0.05, 0.1) is 0 Å². The third-order valence-electron chi connectivity index (χ3n) is 4.30. The van der Waals surface area contributed by atoms with Crippen LogP contribution in [0.2, 0.25) is 0 Å². The molecule has 0 amide bonds. The molecule has 0 aromatic heterocycles. The van der Waals surface area contributed by atoms with Crippen molar-refractivity contribution in [2.75, 3.05) is 7.11 Å². The number of halogens is 3. The lowest BCUT2D eigenvalue weighted by atomic mass is 9.92. The number of allylic oxidation sites excluding steroid dienone is 3. The average molecular weight is 398 g/mol. The number of esters is 2. The van der Waals surface area contributed by atoms with Crippen LogP contribution in [0.1, 0.15) is 25.3 Å². The van der Waals surface area contributed by atoms with Crippen LogP contribution in [0.15, 0.2) is 54.6 Å². The predicted molar refractivity (Wildman–Crippen MR) is 94.1 cm³/mol. The van der Waals surface area contributed by atoms with E-state index in [1.54, 1.807) is 19.1 Å². The highest BCUT2D eigenvalue weighted by molar-refractivity contribution is 5.83.